The summed E-state index contributed by atoms with van der Waals surface area (Å²) in [7, 11) is 0. The molecule has 5 nitrogen and oxygen atoms in total. The maximum absolute atomic E-state index is 12.9. The zero-order valence-electron chi connectivity index (χ0n) is 5.91. The molecule has 0 aliphatic rings. The molecule has 0 aliphatic heterocycles. The van der Waals surface area contributed by atoms with Gasteiger partial charge in [-0.3, -0.25) is 0 Å². The number of aromatic nitrogens is 1. The Kier molecular flexibility index (Phi) is 2.20. The number of nitrogens with two attached hydrogens (primary N) is 1. The van der Waals surface area contributed by atoms with Crippen LogP contribution in [0.5, 0.6) is 0 Å². The van der Waals surface area contributed by atoms with Crippen molar-refractivity contribution in [2.24, 2.45) is 5.84 Å². The molecule has 0 saturated carbocycles. The molecule has 0 saturated heterocycles. The second-order valence-corrected chi connectivity index (χ2v) is 1.97. The van der Waals surface area contributed by atoms with Gasteiger partial charge in [-0.15, -0.1) is 0 Å². The van der Waals surface area contributed by atoms with E-state index in [1.165, 1.54) is 0 Å². The first-order valence-corrected chi connectivity index (χ1v) is 3.01. The predicted molar refractivity (Wildman–Crippen MR) is 39.0 cm³/mol. The number of carbonyl (C=O) groups is 1. The van der Waals surface area contributed by atoms with Gasteiger partial charge in [-0.25, -0.2) is 20.0 Å². The number of hydrazine groups is 1. The van der Waals surface area contributed by atoms with E-state index in [1.807, 2.05) is 5.43 Å². The summed E-state index contributed by atoms with van der Waals surface area (Å²) in [5, 5.41) is 8.45. The number of nitrogens with one attached hydrogen (secondary N) is 1. The molecule has 0 atom stereocenters. The highest BCUT2D eigenvalue weighted by atomic mass is 19.1. The van der Waals surface area contributed by atoms with Gasteiger partial charge >= 0.3 is 5.97 Å². The number of halogens is 1. The van der Waals surface area contributed by atoms with Crippen molar-refractivity contribution in [1.29, 1.82) is 0 Å². The number of carboxylic acid groups (broad SMARTS) is 1. The Morgan fingerprint density at radius 3 is 2.92 bits per heavy atom. The molecule has 0 spiro atoms. The molecule has 0 radical (unpaired) electrons. The monoisotopic (exact) mass is 171 g/mol. The number of anilines is 1. The summed E-state index contributed by atoms with van der Waals surface area (Å²) >= 11 is 0. The summed E-state index contributed by atoms with van der Waals surface area (Å²) in [5.74, 6) is 2.27. The number of nitrogen functional groups attached to an aromatic ring is 1. The number of nitrogens with zero attached hydrogens (tertiary/aromatic N) is 1. The van der Waals surface area contributed by atoms with E-state index in [1.54, 1.807) is 0 Å². The number of carboxylic acids is 1. The van der Waals surface area contributed by atoms with Crippen LogP contribution in [0.25, 0.3) is 0 Å². The normalized spacial score (nSPS) is 9.50. The molecule has 0 amide bonds. The van der Waals surface area contributed by atoms with Crippen molar-refractivity contribution in [3.05, 3.63) is 23.6 Å². The first kappa shape index (κ1) is 8.41. The van der Waals surface area contributed by atoms with E-state index < -0.39 is 17.3 Å². The van der Waals surface area contributed by atoms with Gasteiger partial charge in [-0.1, -0.05) is 0 Å². The highest BCUT2D eigenvalue weighted by molar-refractivity contribution is 5.88. The van der Waals surface area contributed by atoms with Gasteiger partial charge in [-0.05, 0) is 6.07 Å². The molecular weight excluding hydrogens is 165 g/mol. The van der Waals surface area contributed by atoms with Gasteiger partial charge in [-0.2, -0.15) is 0 Å². The van der Waals surface area contributed by atoms with Gasteiger partial charge in [0.2, 0.25) is 0 Å². The first-order chi connectivity index (χ1) is 5.66. The van der Waals surface area contributed by atoms with Crippen LogP contribution in [0.1, 0.15) is 10.4 Å². The second-order valence-electron chi connectivity index (χ2n) is 1.97. The summed E-state index contributed by atoms with van der Waals surface area (Å²) in [6.07, 6.45) is 1.15. The van der Waals surface area contributed by atoms with E-state index in [0.717, 1.165) is 12.3 Å². The van der Waals surface area contributed by atoms with Crippen molar-refractivity contribution in [1.82, 2.24) is 4.98 Å². The van der Waals surface area contributed by atoms with Gasteiger partial charge in [0.1, 0.15) is 5.56 Å². The van der Waals surface area contributed by atoms with E-state index in [-0.39, 0.29) is 5.82 Å². The average Bonchev–Trinajstić information content (AvgIpc) is 2.04. The van der Waals surface area contributed by atoms with E-state index in [2.05, 4.69) is 4.98 Å². The van der Waals surface area contributed by atoms with Crippen LogP contribution in [-0.4, -0.2) is 16.1 Å². The fraction of sp³-hybridized carbons (Fsp3) is 0. The molecule has 1 heterocycles. The van der Waals surface area contributed by atoms with Crippen LogP contribution in [0.3, 0.4) is 0 Å². The van der Waals surface area contributed by atoms with E-state index in [4.69, 9.17) is 10.9 Å². The Labute approximate surface area is 67.0 Å². The highest BCUT2D eigenvalue weighted by Gasteiger charge is 2.13. The summed E-state index contributed by atoms with van der Waals surface area (Å²) in [6, 6.07) is 1.05. The fourth-order valence-electron chi connectivity index (χ4n) is 0.710. The van der Waals surface area contributed by atoms with Gasteiger partial charge < -0.3 is 10.5 Å². The maximum Gasteiger partial charge on any atom is 0.338 e. The van der Waals surface area contributed by atoms with Crippen molar-refractivity contribution in [2.45, 2.75) is 0 Å². The molecule has 4 N–H and O–H groups in total. The lowest BCUT2D eigenvalue weighted by molar-refractivity contribution is 0.0692. The summed E-state index contributed by atoms with van der Waals surface area (Å²) in [4.78, 5) is 13.8. The second kappa shape index (κ2) is 3.14. The average molecular weight is 171 g/mol. The Bertz CT molecular complexity index is 316. The van der Waals surface area contributed by atoms with Crippen LogP contribution in [-0.2, 0) is 0 Å². The number of aromatic carboxylic acids is 1. The van der Waals surface area contributed by atoms with E-state index in [9.17, 15) is 9.18 Å². The maximum atomic E-state index is 12.9. The number of rotatable bonds is 2. The van der Waals surface area contributed by atoms with Crippen LogP contribution in [0, 0.1) is 5.82 Å². The lowest BCUT2D eigenvalue weighted by atomic mass is 10.2. The minimum Gasteiger partial charge on any atom is -0.478 e. The molecule has 64 valence electrons. The molecule has 0 bridgehead atoms. The quantitative estimate of drug-likeness (QED) is 0.437. The first-order valence-electron chi connectivity index (χ1n) is 3.01. The van der Waals surface area contributed by atoms with Crippen LogP contribution < -0.4 is 11.3 Å². The topological polar surface area (TPSA) is 88.2 Å². The molecule has 1 aromatic heterocycles. The number of hydrogen-bond donors (Lipinski definition) is 3. The molecule has 1 rings (SSSR count). The van der Waals surface area contributed by atoms with Crippen molar-refractivity contribution < 1.29 is 14.3 Å². The van der Waals surface area contributed by atoms with Crippen LogP contribution in [0.2, 0.25) is 0 Å². The minimum atomic E-state index is -1.36. The largest absolute Gasteiger partial charge is 0.478 e. The van der Waals surface area contributed by atoms with Crippen molar-refractivity contribution >= 4 is 11.8 Å². The van der Waals surface area contributed by atoms with Gasteiger partial charge in [0.25, 0.3) is 0 Å². The van der Waals surface area contributed by atoms with E-state index >= 15 is 0 Å². The van der Waals surface area contributed by atoms with Gasteiger partial charge in [0, 0.05) is 6.20 Å². The van der Waals surface area contributed by atoms with Crippen molar-refractivity contribution in [3.63, 3.8) is 0 Å². The molecule has 0 unspecified atom stereocenters. The Morgan fingerprint density at radius 2 is 2.42 bits per heavy atom. The fourth-order valence-corrected chi connectivity index (χ4v) is 0.710. The summed E-state index contributed by atoms with van der Waals surface area (Å²) < 4.78 is 12.9. The lowest BCUT2D eigenvalue weighted by Gasteiger charge is -2.01. The third-order valence-electron chi connectivity index (χ3n) is 1.26. The zero-order chi connectivity index (χ0) is 9.14. The minimum absolute atomic E-state index is 0.282. The Balaban J connectivity index is 3.23. The third kappa shape index (κ3) is 1.32. The third-order valence-corrected chi connectivity index (χ3v) is 1.26. The Morgan fingerprint density at radius 1 is 1.75 bits per heavy atom. The molecular formula is C6H6FN3O2. The molecule has 6 heteroatoms. The molecule has 0 aliphatic carbocycles. The van der Waals surface area contributed by atoms with Gasteiger partial charge in [0.15, 0.2) is 11.6 Å². The molecule has 12 heavy (non-hydrogen) atoms. The van der Waals surface area contributed by atoms with Crippen LogP contribution in [0.4, 0.5) is 10.2 Å². The summed E-state index contributed by atoms with van der Waals surface area (Å²) in [6.45, 7) is 0. The lowest BCUT2D eigenvalue weighted by Crippen LogP contribution is -2.13. The smallest absolute Gasteiger partial charge is 0.338 e. The van der Waals surface area contributed by atoms with Crippen LogP contribution in [0.15, 0.2) is 12.3 Å². The summed E-state index contributed by atoms with van der Waals surface area (Å²) in [5.41, 5.74) is 1.48. The molecule has 1 aromatic rings. The SMILES string of the molecule is NNc1nccc(C(=O)O)c1F. The zero-order valence-corrected chi connectivity index (χ0v) is 5.91. The highest BCUT2D eigenvalue weighted by Crippen LogP contribution is 2.13. The van der Waals surface area contributed by atoms with Crippen LogP contribution >= 0.6 is 0 Å². The standard InChI is InChI=1S/C6H6FN3O2/c7-4-3(6(11)12)1-2-9-5(4)10-8/h1-2H,8H2,(H,9,10)(H,11,12). The Hall–Kier alpha value is -1.69. The van der Waals surface area contributed by atoms with Crippen molar-refractivity contribution in [3.8, 4) is 0 Å². The predicted octanol–water partition coefficient (Wildman–Crippen LogP) is 0.204. The number of hydrogen-bond acceptors (Lipinski definition) is 4. The molecule has 0 fully saturated rings. The molecule has 0 aromatic carbocycles. The van der Waals surface area contributed by atoms with E-state index in [0.29, 0.717) is 0 Å². The van der Waals surface area contributed by atoms with Crippen molar-refractivity contribution in [2.75, 3.05) is 5.43 Å². The number of pyridine rings is 1. The van der Waals surface area contributed by atoms with Gasteiger partial charge in [0.05, 0.1) is 0 Å².